The molecule has 1 N–H and O–H groups in total. The van der Waals surface area contributed by atoms with E-state index in [2.05, 4.69) is 93.7 Å². The van der Waals surface area contributed by atoms with E-state index in [0.29, 0.717) is 32.0 Å². The molecular weight excluding hydrogens is 801 g/mol. The van der Waals surface area contributed by atoms with Crippen LogP contribution in [0, 0.1) is 28.6 Å². The number of hydrogen-bond donors (Lipinski definition) is 1. The van der Waals surface area contributed by atoms with Gasteiger partial charge < -0.3 is 23.4 Å². The third kappa shape index (κ3) is 9.39. The molecule has 4 saturated carbocycles. The normalized spacial score (nSPS) is 31.6. The minimum atomic E-state index is -3.82. The fourth-order valence-electron chi connectivity index (χ4n) is 11.1. The fourth-order valence-corrected chi connectivity index (χ4v) is 15.7. The van der Waals surface area contributed by atoms with Crippen molar-refractivity contribution < 1.29 is 31.9 Å². The molecule has 7 nitrogen and oxygen atoms in total. The zero-order valence-electron chi connectivity index (χ0n) is 39.8. The first-order chi connectivity index (χ1) is 27.7. The second-order valence-electron chi connectivity index (χ2n) is 23.1. The van der Waals surface area contributed by atoms with Crippen molar-refractivity contribution in [2.24, 2.45) is 28.6 Å². The number of benzene rings is 1. The second-order valence-corrected chi connectivity index (χ2v) is 34.7. The van der Waals surface area contributed by atoms with Crippen LogP contribution in [0.15, 0.2) is 70.7 Å². The van der Waals surface area contributed by atoms with Crippen molar-refractivity contribution in [2.75, 3.05) is 13.2 Å². The van der Waals surface area contributed by atoms with Gasteiger partial charge in [-0.1, -0.05) is 97.9 Å². The molecule has 0 spiro atoms. The Kier molecular flexibility index (Phi) is 13.8. The molecule has 1 aromatic rings. The Labute approximate surface area is 367 Å². The lowest BCUT2D eigenvalue weighted by atomic mass is 9.60. The van der Waals surface area contributed by atoms with Gasteiger partial charge >= 0.3 is 0 Å². The molecule has 10 heteroatoms. The van der Waals surface area contributed by atoms with E-state index >= 15 is 0 Å². The van der Waals surface area contributed by atoms with Crippen molar-refractivity contribution in [3.63, 3.8) is 0 Å². The minimum Gasteiger partial charge on any atom is -0.413 e. The molecule has 1 aromatic carbocycles. The van der Waals surface area contributed by atoms with Gasteiger partial charge in [-0.3, -0.25) is 0 Å². The van der Waals surface area contributed by atoms with Crippen LogP contribution in [-0.2, 0) is 28.2 Å². The molecule has 0 bridgehead atoms. The van der Waals surface area contributed by atoms with Crippen LogP contribution >= 0.6 is 0 Å². The molecule has 1 aliphatic heterocycles. The van der Waals surface area contributed by atoms with Gasteiger partial charge in [0.25, 0.3) is 0 Å². The van der Waals surface area contributed by atoms with E-state index in [9.17, 15) is 13.5 Å². The molecule has 2 unspecified atom stereocenters. The summed E-state index contributed by atoms with van der Waals surface area (Å²) in [5.41, 5.74) is 3.58. The predicted octanol–water partition coefficient (Wildman–Crippen LogP) is 12.3. The van der Waals surface area contributed by atoms with Crippen molar-refractivity contribution in [2.45, 2.75) is 203 Å². The van der Waals surface area contributed by atoms with Gasteiger partial charge in [0.15, 0.2) is 32.3 Å². The molecule has 0 amide bonds. The number of hydrogen-bond acceptors (Lipinski definition) is 7. The van der Waals surface area contributed by atoms with Gasteiger partial charge in [0.2, 0.25) is 0 Å². The molecule has 5 aliphatic rings. The molecule has 4 aliphatic carbocycles. The smallest absolute Gasteiger partial charge is 0.192 e. The van der Waals surface area contributed by atoms with E-state index < -0.39 is 43.6 Å². The average Bonchev–Trinajstić information content (AvgIpc) is 3.68. The third-order valence-corrected chi connectivity index (χ3v) is 28.6. The van der Waals surface area contributed by atoms with Gasteiger partial charge in [0.1, 0.15) is 0 Å². The Morgan fingerprint density at radius 3 is 2.10 bits per heavy atom. The number of ether oxygens (including phenoxy) is 2. The van der Waals surface area contributed by atoms with Crippen LogP contribution in [0.3, 0.4) is 0 Å². The summed E-state index contributed by atoms with van der Waals surface area (Å²) in [4.78, 5) is 0.287. The SMILES string of the molecule is C=C1/C(=C\C=C2/CCC[C@]3(C)[C@@H]([C@H](C)C(O)C(CCC4(C5(C)OCCO5)CC4)S(=O)(=O)c4ccccc4)CC[C@@H]23)C[C@@H](O[Si](C)(C)C(C)(C)C)C[C@@H]1O[Si](C)(C)C(C)(C)C. The number of fused-ring (bicyclic) bond motifs is 1. The molecule has 60 heavy (non-hydrogen) atoms. The van der Waals surface area contributed by atoms with E-state index in [0.717, 1.165) is 63.4 Å². The van der Waals surface area contributed by atoms with Gasteiger partial charge in [-0.2, -0.15) is 0 Å². The average molecular weight is 883 g/mol. The van der Waals surface area contributed by atoms with Crippen LogP contribution in [0.4, 0.5) is 0 Å². The molecule has 6 rings (SSSR count). The number of aliphatic hydroxyl groups excluding tert-OH is 1. The highest BCUT2D eigenvalue weighted by Crippen LogP contribution is 2.62. The summed E-state index contributed by atoms with van der Waals surface area (Å²) in [7, 11) is -7.93. The van der Waals surface area contributed by atoms with Crippen LogP contribution in [0.25, 0.3) is 0 Å². The number of aliphatic hydroxyl groups is 1. The van der Waals surface area contributed by atoms with Crippen LogP contribution in [-0.4, -0.2) is 72.7 Å². The summed E-state index contributed by atoms with van der Waals surface area (Å²) >= 11 is 0. The molecule has 0 radical (unpaired) electrons. The Morgan fingerprint density at radius 2 is 1.52 bits per heavy atom. The minimum absolute atomic E-state index is 0.0354. The first kappa shape index (κ1) is 48.1. The van der Waals surface area contributed by atoms with Gasteiger partial charge in [0.05, 0.1) is 41.7 Å². The van der Waals surface area contributed by atoms with E-state index in [-0.39, 0.29) is 49.8 Å². The number of sulfone groups is 1. The molecule has 1 heterocycles. The summed E-state index contributed by atoms with van der Waals surface area (Å²) in [5, 5.41) is 11.8. The lowest BCUT2D eigenvalue weighted by Crippen LogP contribution is -2.49. The lowest BCUT2D eigenvalue weighted by Gasteiger charge is -2.46. The van der Waals surface area contributed by atoms with Crippen molar-refractivity contribution in [3.05, 3.63) is 65.8 Å². The van der Waals surface area contributed by atoms with E-state index in [1.54, 1.807) is 24.3 Å². The van der Waals surface area contributed by atoms with Gasteiger partial charge in [-0.25, -0.2) is 8.42 Å². The maximum atomic E-state index is 14.5. The summed E-state index contributed by atoms with van der Waals surface area (Å²) in [6, 6.07) is 8.77. The zero-order chi connectivity index (χ0) is 44.3. The molecule has 1 saturated heterocycles. The zero-order valence-corrected chi connectivity index (χ0v) is 42.6. The second kappa shape index (κ2) is 17.2. The van der Waals surface area contributed by atoms with Crippen LogP contribution in [0.2, 0.25) is 36.3 Å². The lowest BCUT2D eigenvalue weighted by molar-refractivity contribution is -0.194. The van der Waals surface area contributed by atoms with Crippen molar-refractivity contribution in [3.8, 4) is 0 Å². The highest BCUT2D eigenvalue weighted by atomic mass is 32.2. The first-order valence-electron chi connectivity index (χ1n) is 23.4. The quantitative estimate of drug-likeness (QED) is 0.186. The van der Waals surface area contributed by atoms with Gasteiger partial charge in [0, 0.05) is 11.8 Å². The Balaban J connectivity index is 1.25. The van der Waals surface area contributed by atoms with E-state index in [1.807, 2.05) is 13.0 Å². The van der Waals surface area contributed by atoms with Crippen molar-refractivity contribution >= 4 is 26.5 Å². The monoisotopic (exact) mass is 883 g/mol. The molecule has 8 atom stereocenters. The van der Waals surface area contributed by atoms with E-state index in [1.165, 1.54) is 11.1 Å². The Morgan fingerprint density at radius 1 is 0.917 bits per heavy atom. The van der Waals surface area contributed by atoms with Crippen molar-refractivity contribution in [1.82, 2.24) is 0 Å². The maximum absolute atomic E-state index is 14.5. The highest BCUT2D eigenvalue weighted by molar-refractivity contribution is 7.92. The summed E-state index contributed by atoms with van der Waals surface area (Å²) in [6.07, 6.45) is 13.6. The topological polar surface area (TPSA) is 91.3 Å². The molecule has 338 valence electrons. The number of allylic oxidation sites excluding steroid dienone is 3. The predicted molar refractivity (Wildman–Crippen MR) is 251 cm³/mol. The molecular formula is C50H82O7SSi2. The van der Waals surface area contributed by atoms with Crippen LogP contribution < -0.4 is 0 Å². The summed E-state index contributed by atoms with van der Waals surface area (Å²) < 4.78 is 55.6. The summed E-state index contributed by atoms with van der Waals surface area (Å²) in [5.74, 6) is -0.303. The van der Waals surface area contributed by atoms with E-state index in [4.69, 9.17) is 24.9 Å². The Bertz CT molecular complexity index is 1860. The molecule has 0 aromatic heterocycles. The van der Waals surface area contributed by atoms with Gasteiger partial charge in [-0.15, -0.1) is 0 Å². The third-order valence-electron chi connectivity index (χ3n) is 17.4. The standard InChI is InChI=1S/C50H82O7SSi2/c1-35-38(33-39(56-59(11,12)46(3,4)5)34-43(35)57-60(13,14)47(6,7)8)23-22-37-19-18-27-48(9)41(24-25-42(37)48)36(2)45(51)44(58(52,53)40-20-16-15-17-21-40)26-28-50(29-30-50)49(10)54-31-32-55-49/h15-17,20-23,36,39,41-45,51H,1,18-19,24-34H2,2-14H3/b37-22+,38-23-/t36-,39+,41+,42-,43-,44?,45?,48+/m0/s1. The summed E-state index contributed by atoms with van der Waals surface area (Å²) in [6.45, 7) is 35.6. The van der Waals surface area contributed by atoms with Crippen molar-refractivity contribution in [1.29, 1.82) is 0 Å². The largest absolute Gasteiger partial charge is 0.413 e. The molecule has 5 fully saturated rings. The Hall–Kier alpha value is -1.38. The first-order valence-corrected chi connectivity index (χ1v) is 30.7. The van der Waals surface area contributed by atoms with Gasteiger partial charge in [-0.05, 0) is 154 Å². The maximum Gasteiger partial charge on any atom is 0.192 e. The van der Waals surface area contributed by atoms with Crippen LogP contribution in [0.1, 0.15) is 133 Å². The highest BCUT2D eigenvalue weighted by Gasteiger charge is 2.61. The number of rotatable bonds is 14. The van der Waals surface area contributed by atoms with Crippen LogP contribution in [0.5, 0.6) is 0 Å². The fraction of sp³-hybridized carbons (Fsp3) is 0.760.